The molecule has 0 aliphatic carbocycles. The highest BCUT2D eigenvalue weighted by atomic mass is 32.2. The Kier molecular flexibility index (Phi) is 6.36. The van der Waals surface area contributed by atoms with Crippen molar-refractivity contribution in [1.29, 1.82) is 0 Å². The van der Waals surface area contributed by atoms with E-state index in [4.69, 9.17) is 5.73 Å². The summed E-state index contributed by atoms with van der Waals surface area (Å²) in [4.78, 5) is 14.3. The van der Waals surface area contributed by atoms with Gasteiger partial charge in [-0.25, -0.2) is 0 Å². The van der Waals surface area contributed by atoms with Crippen molar-refractivity contribution < 1.29 is 4.79 Å². The van der Waals surface area contributed by atoms with Gasteiger partial charge in [0.15, 0.2) is 0 Å². The first-order valence-electron chi connectivity index (χ1n) is 8.72. The predicted octanol–water partition coefficient (Wildman–Crippen LogP) is 2.92. The lowest BCUT2D eigenvalue weighted by Crippen LogP contribution is -2.34. The molecule has 0 saturated carbocycles. The van der Waals surface area contributed by atoms with E-state index in [0.29, 0.717) is 0 Å². The van der Waals surface area contributed by atoms with Crippen LogP contribution < -0.4 is 11.1 Å². The Morgan fingerprint density at radius 1 is 1.08 bits per heavy atom. The van der Waals surface area contributed by atoms with Crippen LogP contribution >= 0.6 is 11.8 Å². The average molecular weight is 356 g/mol. The molecule has 2 aromatic rings. The first kappa shape index (κ1) is 17.8. The van der Waals surface area contributed by atoms with E-state index < -0.39 is 6.04 Å². The van der Waals surface area contributed by atoms with Crippen molar-refractivity contribution in [3.8, 4) is 0 Å². The molecule has 0 bridgehead atoms. The number of hydrogen-bond donors (Lipinski definition) is 2. The molecule has 132 valence electrons. The third-order valence-corrected chi connectivity index (χ3v) is 5.45. The number of hydrogen-bond acceptors (Lipinski definition) is 4. The van der Waals surface area contributed by atoms with Gasteiger partial charge in [-0.1, -0.05) is 42.5 Å². The van der Waals surface area contributed by atoms with E-state index in [1.165, 1.54) is 30.2 Å². The van der Waals surface area contributed by atoms with E-state index in [0.717, 1.165) is 24.2 Å². The smallest absolute Gasteiger partial charge is 0.244 e. The number of anilines is 1. The summed E-state index contributed by atoms with van der Waals surface area (Å²) >= 11 is 2.04. The van der Waals surface area contributed by atoms with Crippen molar-refractivity contribution in [2.75, 3.05) is 36.5 Å². The lowest BCUT2D eigenvalue weighted by Gasteiger charge is -2.26. The fourth-order valence-electron chi connectivity index (χ4n) is 3.01. The van der Waals surface area contributed by atoms with Gasteiger partial charge >= 0.3 is 0 Å². The molecule has 1 fully saturated rings. The molecule has 0 spiro atoms. The molecule has 0 radical (unpaired) electrons. The number of nitrogens with one attached hydrogen (secondary N) is 1. The van der Waals surface area contributed by atoms with Gasteiger partial charge in [-0.2, -0.15) is 11.8 Å². The molecular weight excluding hydrogens is 330 g/mol. The Hall–Kier alpha value is -1.98. The molecule has 5 heteroatoms. The largest absolute Gasteiger partial charge is 0.370 e. The topological polar surface area (TPSA) is 58.4 Å². The summed E-state index contributed by atoms with van der Waals surface area (Å²) in [6, 6.07) is 17.4. The molecule has 0 aromatic heterocycles. The third-order valence-electron chi connectivity index (χ3n) is 4.50. The number of amides is 1. The average Bonchev–Trinajstić information content (AvgIpc) is 2.66. The Balaban J connectivity index is 1.58. The summed E-state index contributed by atoms with van der Waals surface area (Å²) in [6.45, 7) is 3.50. The van der Waals surface area contributed by atoms with Gasteiger partial charge in [-0.15, -0.1) is 0 Å². The van der Waals surface area contributed by atoms with Gasteiger partial charge in [0.1, 0.15) is 6.04 Å². The van der Waals surface area contributed by atoms with Crippen LogP contribution in [-0.2, 0) is 11.2 Å². The molecule has 1 saturated heterocycles. The Bertz CT molecular complexity index is 669. The lowest BCUT2D eigenvalue weighted by molar-refractivity contribution is -0.118. The van der Waals surface area contributed by atoms with Crippen LogP contribution in [0, 0.1) is 0 Å². The van der Waals surface area contributed by atoms with Gasteiger partial charge in [0.25, 0.3) is 0 Å². The Morgan fingerprint density at radius 2 is 1.76 bits per heavy atom. The van der Waals surface area contributed by atoms with Gasteiger partial charge in [0, 0.05) is 36.8 Å². The molecule has 3 N–H and O–H groups in total. The zero-order valence-electron chi connectivity index (χ0n) is 14.4. The summed E-state index contributed by atoms with van der Waals surface area (Å²) in [5, 5.41) is 3.24. The molecule has 1 amide bonds. The number of carbonyl (C=O) groups is 1. The van der Waals surface area contributed by atoms with E-state index in [1.807, 2.05) is 54.2 Å². The van der Waals surface area contributed by atoms with Gasteiger partial charge in [0.2, 0.25) is 5.91 Å². The van der Waals surface area contributed by atoms with Crippen molar-refractivity contribution in [3.63, 3.8) is 0 Å². The number of carbonyl (C=O) groups excluding carboxylic acids is 1. The monoisotopic (exact) mass is 355 g/mol. The van der Waals surface area contributed by atoms with Gasteiger partial charge in [-0.05, 0) is 29.7 Å². The second-order valence-corrected chi connectivity index (χ2v) is 7.52. The minimum Gasteiger partial charge on any atom is -0.370 e. The molecular formula is C20H25N3OS. The summed E-state index contributed by atoms with van der Waals surface area (Å²) in [5.74, 6) is 2.12. The van der Waals surface area contributed by atoms with Crippen LogP contribution in [0.2, 0.25) is 0 Å². The third kappa shape index (κ3) is 5.25. The fraction of sp³-hybridized carbons (Fsp3) is 0.350. The van der Waals surface area contributed by atoms with Gasteiger partial charge in [0.05, 0.1) is 0 Å². The fourth-order valence-corrected chi connectivity index (χ4v) is 3.99. The highest BCUT2D eigenvalue weighted by molar-refractivity contribution is 7.99. The minimum absolute atomic E-state index is 0.377. The predicted molar refractivity (Wildman–Crippen MR) is 106 cm³/mol. The maximum Gasteiger partial charge on any atom is 0.244 e. The van der Waals surface area contributed by atoms with Crippen LogP contribution in [0.3, 0.4) is 0 Å². The summed E-state index contributed by atoms with van der Waals surface area (Å²) < 4.78 is 0. The molecule has 25 heavy (non-hydrogen) atoms. The molecule has 1 atom stereocenters. The van der Waals surface area contributed by atoms with Gasteiger partial charge < -0.3 is 16.0 Å². The van der Waals surface area contributed by atoms with E-state index in [2.05, 4.69) is 22.3 Å². The van der Waals surface area contributed by atoms with Gasteiger partial charge in [-0.3, -0.25) is 4.79 Å². The molecule has 1 aliphatic rings. The number of nitrogens with two attached hydrogens (primary N) is 1. The van der Waals surface area contributed by atoms with Crippen LogP contribution in [0.1, 0.15) is 17.2 Å². The standard InChI is InChI=1S/C20H25N3OS/c21-20(24)19(17-4-2-1-3-5-17)22-18-8-6-16(7-9-18)10-11-23-12-14-25-15-13-23/h1-9,19,22H,10-15H2,(H2,21,24). The Labute approximate surface area is 153 Å². The molecule has 2 aromatic carbocycles. The molecule has 1 heterocycles. The van der Waals surface area contributed by atoms with Crippen LogP contribution in [0.4, 0.5) is 5.69 Å². The first-order valence-corrected chi connectivity index (χ1v) is 9.88. The van der Waals surface area contributed by atoms with E-state index >= 15 is 0 Å². The zero-order chi connectivity index (χ0) is 17.5. The van der Waals surface area contributed by atoms with E-state index in [9.17, 15) is 4.79 Å². The SMILES string of the molecule is NC(=O)C(Nc1ccc(CCN2CCSCC2)cc1)c1ccccc1. The summed E-state index contributed by atoms with van der Waals surface area (Å²) in [7, 11) is 0. The number of thioether (sulfide) groups is 1. The molecule has 1 unspecified atom stereocenters. The quantitative estimate of drug-likeness (QED) is 0.802. The Morgan fingerprint density at radius 3 is 2.40 bits per heavy atom. The van der Waals surface area contributed by atoms with Crippen molar-refractivity contribution >= 4 is 23.4 Å². The number of nitrogens with zero attached hydrogens (tertiary/aromatic N) is 1. The second kappa shape index (κ2) is 8.92. The van der Waals surface area contributed by atoms with E-state index in [-0.39, 0.29) is 5.91 Å². The summed E-state index contributed by atoms with van der Waals surface area (Å²) in [5.41, 5.74) is 8.67. The highest BCUT2D eigenvalue weighted by Gasteiger charge is 2.17. The normalized spacial score (nSPS) is 16.3. The maximum atomic E-state index is 11.8. The first-order chi connectivity index (χ1) is 12.2. The lowest BCUT2D eigenvalue weighted by atomic mass is 10.1. The number of rotatable bonds is 7. The maximum absolute atomic E-state index is 11.8. The molecule has 4 nitrogen and oxygen atoms in total. The second-order valence-electron chi connectivity index (χ2n) is 6.29. The van der Waals surface area contributed by atoms with E-state index in [1.54, 1.807) is 0 Å². The zero-order valence-corrected chi connectivity index (χ0v) is 15.2. The minimum atomic E-state index is -0.516. The van der Waals surface area contributed by atoms with Crippen molar-refractivity contribution in [2.45, 2.75) is 12.5 Å². The van der Waals surface area contributed by atoms with Crippen molar-refractivity contribution in [2.24, 2.45) is 5.73 Å². The highest BCUT2D eigenvalue weighted by Crippen LogP contribution is 2.20. The van der Waals surface area contributed by atoms with Crippen molar-refractivity contribution in [1.82, 2.24) is 4.90 Å². The van der Waals surface area contributed by atoms with Crippen LogP contribution in [-0.4, -0.2) is 41.9 Å². The van der Waals surface area contributed by atoms with Crippen LogP contribution in [0.15, 0.2) is 54.6 Å². The molecule has 3 rings (SSSR count). The number of benzene rings is 2. The van der Waals surface area contributed by atoms with Crippen LogP contribution in [0.5, 0.6) is 0 Å². The molecule has 1 aliphatic heterocycles. The number of primary amides is 1. The summed E-state index contributed by atoms with van der Waals surface area (Å²) in [6.07, 6.45) is 1.06. The van der Waals surface area contributed by atoms with Crippen molar-refractivity contribution in [3.05, 3.63) is 65.7 Å². The van der Waals surface area contributed by atoms with Crippen LogP contribution in [0.25, 0.3) is 0 Å².